The SMILES string of the molecule is Cc1cccc([C@H](C)NC(=O)CC(C)(C)N)c1. The molecule has 1 atom stereocenters. The fraction of sp³-hybridized carbons (Fsp3) is 0.500. The molecule has 0 unspecified atom stereocenters. The Labute approximate surface area is 103 Å². The van der Waals surface area contributed by atoms with E-state index in [1.54, 1.807) is 0 Å². The third-order valence-electron chi connectivity index (χ3n) is 2.54. The molecular weight excluding hydrogens is 212 g/mol. The first kappa shape index (κ1) is 13.7. The Morgan fingerprint density at radius 2 is 2.12 bits per heavy atom. The summed E-state index contributed by atoms with van der Waals surface area (Å²) in [6, 6.07) is 8.16. The van der Waals surface area contributed by atoms with Crippen LogP contribution in [0.1, 0.15) is 44.4 Å². The predicted octanol–water partition coefficient (Wildman–Crippen LogP) is 2.30. The van der Waals surface area contributed by atoms with Gasteiger partial charge in [0.2, 0.25) is 5.91 Å². The molecule has 94 valence electrons. The first-order valence-corrected chi connectivity index (χ1v) is 5.93. The molecule has 1 amide bonds. The number of aryl methyl sites for hydroxylation is 1. The van der Waals surface area contributed by atoms with Gasteiger partial charge in [-0.2, -0.15) is 0 Å². The molecule has 1 aromatic carbocycles. The summed E-state index contributed by atoms with van der Waals surface area (Å²) < 4.78 is 0. The molecule has 1 aromatic rings. The Hall–Kier alpha value is -1.35. The first-order chi connectivity index (χ1) is 7.78. The second-order valence-electron chi connectivity index (χ2n) is 5.37. The Balaban J connectivity index is 2.61. The number of rotatable bonds is 4. The van der Waals surface area contributed by atoms with Crippen molar-refractivity contribution < 1.29 is 4.79 Å². The molecule has 0 saturated carbocycles. The second kappa shape index (κ2) is 5.32. The van der Waals surface area contributed by atoms with Crippen LogP contribution in [0.2, 0.25) is 0 Å². The summed E-state index contributed by atoms with van der Waals surface area (Å²) in [6.45, 7) is 7.73. The molecule has 3 N–H and O–H groups in total. The zero-order valence-corrected chi connectivity index (χ0v) is 11.1. The molecule has 0 aliphatic rings. The maximum absolute atomic E-state index is 11.7. The number of carbonyl (C=O) groups is 1. The van der Waals surface area contributed by atoms with Crippen LogP contribution in [0.3, 0.4) is 0 Å². The van der Waals surface area contributed by atoms with E-state index >= 15 is 0 Å². The van der Waals surface area contributed by atoms with Gasteiger partial charge in [0.05, 0.1) is 6.04 Å². The summed E-state index contributed by atoms with van der Waals surface area (Å²) in [5.74, 6) is -0.00786. The van der Waals surface area contributed by atoms with E-state index in [9.17, 15) is 4.79 Å². The van der Waals surface area contributed by atoms with Gasteiger partial charge in [-0.05, 0) is 33.3 Å². The lowest BCUT2D eigenvalue weighted by molar-refractivity contribution is -0.122. The van der Waals surface area contributed by atoms with Crippen LogP contribution >= 0.6 is 0 Å². The minimum absolute atomic E-state index is 0.00786. The molecule has 3 heteroatoms. The van der Waals surface area contributed by atoms with Crippen molar-refractivity contribution in [1.29, 1.82) is 0 Å². The number of hydrogen-bond acceptors (Lipinski definition) is 2. The van der Waals surface area contributed by atoms with Crippen LogP contribution in [-0.4, -0.2) is 11.4 Å². The number of nitrogens with two attached hydrogens (primary N) is 1. The van der Waals surface area contributed by atoms with Gasteiger partial charge in [0.15, 0.2) is 0 Å². The van der Waals surface area contributed by atoms with Gasteiger partial charge in [-0.3, -0.25) is 4.79 Å². The van der Waals surface area contributed by atoms with Crippen molar-refractivity contribution in [2.45, 2.75) is 45.7 Å². The van der Waals surface area contributed by atoms with Gasteiger partial charge < -0.3 is 11.1 Å². The van der Waals surface area contributed by atoms with E-state index in [0.29, 0.717) is 6.42 Å². The maximum Gasteiger partial charge on any atom is 0.222 e. The lowest BCUT2D eigenvalue weighted by atomic mass is 10.0. The Kier molecular flexibility index (Phi) is 4.29. The molecule has 0 aliphatic carbocycles. The largest absolute Gasteiger partial charge is 0.350 e. The number of benzene rings is 1. The van der Waals surface area contributed by atoms with Gasteiger partial charge in [-0.15, -0.1) is 0 Å². The molecule has 1 rings (SSSR count). The minimum atomic E-state index is -0.462. The van der Waals surface area contributed by atoms with Crippen LogP contribution < -0.4 is 11.1 Å². The van der Waals surface area contributed by atoms with Gasteiger partial charge in [0, 0.05) is 12.0 Å². The summed E-state index contributed by atoms with van der Waals surface area (Å²) >= 11 is 0. The maximum atomic E-state index is 11.7. The van der Waals surface area contributed by atoms with Gasteiger partial charge in [-0.1, -0.05) is 29.8 Å². The number of carbonyl (C=O) groups excluding carboxylic acids is 1. The molecule has 0 bridgehead atoms. The van der Waals surface area contributed by atoms with E-state index in [-0.39, 0.29) is 11.9 Å². The zero-order chi connectivity index (χ0) is 13.1. The van der Waals surface area contributed by atoms with Gasteiger partial charge in [0.25, 0.3) is 0 Å². The van der Waals surface area contributed by atoms with Gasteiger partial charge in [0.1, 0.15) is 0 Å². The van der Waals surface area contributed by atoms with Gasteiger partial charge >= 0.3 is 0 Å². The van der Waals surface area contributed by atoms with Crippen LogP contribution in [0.15, 0.2) is 24.3 Å². The van der Waals surface area contributed by atoms with E-state index in [1.165, 1.54) is 5.56 Å². The Bertz CT molecular complexity index is 393. The molecule has 3 nitrogen and oxygen atoms in total. The average Bonchev–Trinajstić information content (AvgIpc) is 2.14. The van der Waals surface area contributed by atoms with Crippen molar-refractivity contribution in [1.82, 2.24) is 5.32 Å². The highest BCUT2D eigenvalue weighted by molar-refractivity contribution is 5.77. The molecule has 0 aliphatic heterocycles. The lowest BCUT2D eigenvalue weighted by Gasteiger charge is -2.20. The Morgan fingerprint density at radius 1 is 1.47 bits per heavy atom. The smallest absolute Gasteiger partial charge is 0.222 e. The zero-order valence-electron chi connectivity index (χ0n) is 11.1. The highest BCUT2D eigenvalue weighted by atomic mass is 16.1. The predicted molar refractivity (Wildman–Crippen MR) is 70.6 cm³/mol. The van der Waals surface area contributed by atoms with E-state index in [2.05, 4.69) is 11.4 Å². The molecule has 0 saturated heterocycles. The highest BCUT2D eigenvalue weighted by Crippen LogP contribution is 2.14. The van der Waals surface area contributed by atoms with Crippen LogP contribution in [0, 0.1) is 6.92 Å². The van der Waals surface area contributed by atoms with Crippen molar-refractivity contribution in [3.8, 4) is 0 Å². The number of hydrogen-bond donors (Lipinski definition) is 2. The highest BCUT2D eigenvalue weighted by Gasteiger charge is 2.18. The number of nitrogens with one attached hydrogen (secondary N) is 1. The summed E-state index contributed by atoms with van der Waals surface area (Å²) in [4.78, 5) is 11.7. The van der Waals surface area contributed by atoms with E-state index in [1.807, 2.05) is 45.9 Å². The first-order valence-electron chi connectivity index (χ1n) is 5.93. The van der Waals surface area contributed by atoms with Gasteiger partial charge in [-0.25, -0.2) is 0 Å². The topological polar surface area (TPSA) is 55.1 Å². The normalized spacial score (nSPS) is 13.2. The lowest BCUT2D eigenvalue weighted by Crippen LogP contribution is -2.39. The van der Waals surface area contributed by atoms with E-state index in [4.69, 9.17) is 5.73 Å². The molecule has 0 fully saturated rings. The summed E-state index contributed by atoms with van der Waals surface area (Å²) in [6.07, 6.45) is 0.336. The Morgan fingerprint density at radius 3 is 2.65 bits per heavy atom. The molecule has 0 heterocycles. The van der Waals surface area contributed by atoms with Crippen molar-refractivity contribution in [3.05, 3.63) is 35.4 Å². The van der Waals surface area contributed by atoms with Crippen molar-refractivity contribution in [3.63, 3.8) is 0 Å². The molecular formula is C14H22N2O. The molecule has 17 heavy (non-hydrogen) atoms. The monoisotopic (exact) mass is 234 g/mol. The molecule has 0 spiro atoms. The van der Waals surface area contributed by atoms with Crippen LogP contribution in [-0.2, 0) is 4.79 Å². The summed E-state index contributed by atoms with van der Waals surface area (Å²) in [5, 5.41) is 2.96. The van der Waals surface area contributed by atoms with Crippen molar-refractivity contribution >= 4 is 5.91 Å². The van der Waals surface area contributed by atoms with E-state index in [0.717, 1.165) is 5.56 Å². The third-order valence-corrected chi connectivity index (χ3v) is 2.54. The fourth-order valence-electron chi connectivity index (χ4n) is 1.73. The second-order valence-corrected chi connectivity index (χ2v) is 5.37. The fourth-order valence-corrected chi connectivity index (χ4v) is 1.73. The summed E-state index contributed by atoms with van der Waals surface area (Å²) in [5.41, 5.74) is 7.67. The van der Waals surface area contributed by atoms with Crippen LogP contribution in [0.25, 0.3) is 0 Å². The standard InChI is InChI=1S/C14H22N2O/c1-10-6-5-7-12(8-10)11(2)16-13(17)9-14(3,4)15/h5-8,11H,9,15H2,1-4H3,(H,16,17)/t11-/m0/s1. The van der Waals surface area contributed by atoms with Crippen molar-refractivity contribution in [2.75, 3.05) is 0 Å². The molecule has 0 aromatic heterocycles. The van der Waals surface area contributed by atoms with Crippen LogP contribution in [0.5, 0.6) is 0 Å². The quantitative estimate of drug-likeness (QED) is 0.840. The third kappa shape index (κ3) is 5.00. The average molecular weight is 234 g/mol. The van der Waals surface area contributed by atoms with Crippen LogP contribution in [0.4, 0.5) is 0 Å². The number of amides is 1. The minimum Gasteiger partial charge on any atom is -0.350 e. The van der Waals surface area contributed by atoms with E-state index < -0.39 is 5.54 Å². The summed E-state index contributed by atoms with van der Waals surface area (Å²) in [7, 11) is 0. The molecule has 0 radical (unpaired) electrons. The van der Waals surface area contributed by atoms with Crippen molar-refractivity contribution in [2.24, 2.45) is 5.73 Å².